The molecule has 12 heavy (non-hydrogen) atoms. The molecule has 1 atom stereocenters. The Balaban J connectivity index is 2.58. The van der Waals surface area contributed by atoms with Crippen LogP contribution in [0.5, 0.6) is 0 Å². The summed E-state index contributed by atoms with van der Waals surface area (Å²) >= 11 is 7.49. The van der Waals surface area contributed by atoms with Gasteiger partial charge in [-0.1, -0.05) is 25.4 Å². The Bertz CT molecular complexity index is 235. The summed E-state index contributed by atoms with van der Waals surface area (Å²) in [6.07, 6.45) is 2.85. The number of rotatable bonds is 3. The highest BCUT2D eigenvalue weighted by Gasteiger charge is 2.01. The maximum atomic E-state index is 5.71. The van der Waals surface area contributed by atoms with Crippen molar-refractivity contribution in [3.63, 3.8) is 0 Å². The maximum absolute atomic E-state index is 5.71. The fraction of sp³-hybridized carbons (Fsp3) is 0.444. The molecule has 0 bridgehead atoms. The van der Waals surface area contributed by atoms with Crippen molar-refractivity contribution >= 4 is 23.4 Å². The summed E-state index contributed by atoms with van der Waals surface area (Å²) < 4.78 is 0. The lowest BCUT2D eigenvalue weighted by Gasteiger charge is -2.06. The molecular formula is C9H12ClNS. The summed E-state index contributed by atoms with van der Waals surface area (Å²) in [4.78, 5) is 4.20. The van der Waals surface area contributed by atoms with E-state index in [-0.39, 0.29) is 0 Å². The lowest BCUT2D eigenvalue weighted by atomic mass is 10.4. The van der Waals surface area contributed by atoms with E-state index in [9.17, 15) is 0 Å². The first-order valence-corrected chi connectivity index (χ1v) is 5.26. The number of halogens is 1. The molecule has 0 fully saturated rings. The van der Waals surface area contributed by atoms with Gasteiger partial charge in [0, 0.05) is 11.4 Å². The quantitative estimate of drug-likeness (QED) is 0.693. The van der Waals surface area contributed by atoms with Crippen LogP contribution in [-0.4, -0.2) is 10.2 Å². The van der Waals surface area contributed by atoms with E-state index in [1.54, 1.807) is 18.0 Å². The molecule has 0 N–H and O–H groups in total. The van der Waals surface area contributed by atoms with E-state index in [1.807, 2.05) is 12.1 Å². The molecule has 1 unspecified atom stereocenters. The van der Waals surface area contributed by atoms with Gasteiger partial charge in [-0.15, -0.1) is 11.8 Å². The van der Waals surface area contributed by atoms with Crippen LogP contribution in [0, 0.1) is 0 Å². The van der Waals surface area contributed by atoms with Crippen molar-refractivity contribution in [3.05, 3.63) is 23.4 Å². The molecule has 1 aromatic heterocycles. The third-order valence-electron chi connectivity index (χ3n) is 1.60. The van der Waals surface area contributed by atoms with Gasteiger partial charge >= 0.3 is 0 Å². The zero-order valence-electron chi connectivity index (χ0n) is 7.25. The molecule has 0 aliphatic carbocycles. The predicted molar refractivity (Wildman–Crippen MR) is 54.9 cm³/mol. The largest absolute Gasteiger partial charge is 0.248 e. The van der Waals surface area contributed by atoms with Gasteiger partial charge in [-0.3, -0.25) is 0 Å². The highest BCUT2D eigenvalue weighted by atomic mass is 35.5. The molecule has 0 aliphatic heterocycles. The van der Waals surface area contributed by atoms with Crippen LogP contribution in [-0.2, 0) is 0 Å². The molecule has 1 nitrogen and oxygen atoms in total. The van der Waals surface area contributed by atoms with Gasteiger partial charge in [0.05, 0.1) is 10.0 Å². The van der Waals surface area contributed by atoms with Crippen molar-refractivity contribution in [2.75, 3.05) is 0 Å². The summed E-state index contributed by atoms with van der Waals surface area (Å²) in [5.74, 6) is 0. The van der Waals surface area contributed by atoms with Crippen molar-refractivity contribution in [3.8, 4) is 0 Å². The Kier molecular flexibility index (Phi) is 3.89. The average molecular weight is 202 g/mol. The Morgan fingerprint density at radius 3 is 2.83 bits per heavy atom. The lowest BCUT2D eigenvalue weighted by molar-refractivity contribution is 0.901. The molecule has 0 saturated heterocycles. The molecule has 3 heteroatoms. The lowest BCUT2D eigenvalue weighted by Crippen LogP contribution is -1.92. The number of hydrogen-bond donors (Lipinski definition) is 0. The van der Waals surface area contributed by atoms with E-state index < -0.39 is 0 Å². The van der Waals surface area contributed by atoms with E-state index in [0.29, 0.717) is 10.3 Å². The summed E-state index contributed by atoms with van der Waals surface area (Å²) in [7, 11) is 0. The molecule has 0 amide bonds. The van der Waals surface area contributed by atoms with Crippen LogP contribution in [0.3, 0.4) is 0 Å². The minimum Gasteiger partial charge on any atom is -0.248 e. The van der Waals surface area contributed by atoms with Gasteiger partial charge in [-0.2, -0.15) is 0 Å². The van der Waals surface area contributed by atoms with E-state index in [4.69, 9.17) is 11.6 Å². The number of aromatic nitrogens is 1. The van der Waals surface area contributed by atoms with Crippen molar-refractivity contribution in [2.24, 2.45) is 0 Å². The Morgan fingerprint density at radius 1 is 1.58 bits per heavy atom. The minimum absolute atomic E-state index is 0.624. The topological polar surface area (TPSA) is 12.9 Å². The van der Waals surface area contributed by atoms with Crippen LogP contribution in [0.1, 0.15) is 20.3 Å². The van der Waals surface area contributed by atoms with Crippen LogP contribution in [0.4, 0.5) is 0 Å². The zero-order valence-corrected chi connectivity index (χ0v) is 8.82. The van der Waals surface area contributed by atoms with Crippen molar-refractivity contribution in [1.29, 1.82) is 0 Å². The van der Waals surface area contributed by atoms with Crippen LogP contribution >= 0.6 is 23.4 Å². The SMILES string of the molecule is CCC(C)Sc1ccc(Cl)cn1. The van der Waals surface area contributed by atoms with Gasteiger partial charge in [0.15, 0.2) is 0 Å². The highest BCUT2D eigenvalue weighted by Crippen LogP contribution is 2.23. The van der Waals surface area contributed by atoms with E-state index >= 15 is 0 Å². The van der Waals surface area contributed by atoms with Gasteiger partial charge in [0.2, 0.25) is 0 Å². The molecule has 1 heterocycles. The van der Waals surface area contributed by atoms with Gasteiger partial charge in [-0.25, -0.2) is 4.98 Å². The predicted octanol–water partition coefficient (Wildman–Crippen LogP) is 3.63. The van der Waals surface area contributed by atoms with Crippen molar-refractivity contribution < 1.29 is 0 Å². The van der Waals surface area contributed by atoms with Gasteiger partial charge in [0.1, 0.15) is 0 Å². The molecule has 0 radical (unpaired) electrons. The standard InChI is InChI=1S/C9H12ClNS/c1-3-7(2)12-9-5-4-8(10)6-11-9/h4-7H,3H2,1-2H3. The summed E-state index contributed by atoms with van der Waals surface area (Å²) in [5.41, 5.74) is 0. The zero-order chi connectivity index (χ0) is 8.97. The van der Waals surface area contributed by atoms with Crippen LogP contribution < -0.4 is 0 Å². The molecule has 0 saturated carbocycles. The Morgan fingerprint density at radius 2 is 2.33 bits per heavy atom. The van der Waals surface area contributed by atoms with E-state index in [2.05, 4.69) is 18.8 Å². The summed E-state index contributed by atoms with van der Waals surface area (Å²) in [5, 5.41) is 2.37. The normalized spacial score (nSPS) is 12.9. The molecule has 1 aromatic rings. The first kappa shape index (κ1) is 9.87. The molecule has 1 rings (SSSR count). The Labute approximate surface area is 82.5 Å². The first-order valence-electron chi connectivity index (χ1n) is 4.00. The van der Waals surface area contributed by atoms with Crippen LogP contribution in [0.25, 0.3) is 0 Å². The number of pyridine rings is 1. The smallest absolute Gasteiger partial charge is 0.0963 e. The van der Waals surface area contributed by atoms with Gasteiger partial charge in [0.25, 0.3) is 0 Å². The first-order chi connectivity index (χ1) is 5.72. The van der Waals surface area contributed by atoms with E-state index in [0.717, 1.165) is 11.4 Å². The summed E-state index contributed by atoms with van der Waals surface area (Å²) in [6.45, 7) is 4.37. The van der Waals surface area contributed by atoms with Crippen molar-refractivity contribution in [2.45, 2.75) is 30.5 Å². The molecule has 0 spiro atoms. The van der Waals surface area contributed by atoms with E-state index in [1.165, 1.54) is 0 Å². The monoisotopic (exact) mass is 201 g/mol. The second kappa shape index (κ2) is 4.73. The fourth-order valence-electron chi connectivity index (χ4n) is 0.721. The second-order valence-electron chi connectivity index (χ2n) is 2.65. The molecule has 0 aromatic carbocycles. The van der Waals surface area contributed by atoms with Crippen LogP contribution in [0.15, 0.2) is 23.4 Å². The molecule has 0 aliphatic rings. The Hall–Kier alpha value is -0.210. The average Bonchev–Trinajstić information content (AvgIpc) is 2.09. The molecule has 66 valence electrons. The van der Waals surface area contributed by atoms with Crippen LogP contribution in [0.2, 0.25) is 5.02 Å². The molecular weight excluding hydrogens is 190 g/mol. The third-order valence-corrected chi connectivity index (χ3v) is 3.04. The minimum atomic E-state index is 0.624. The third kappa shape index (κ3) is 3.03. The number of nitrogens with zero attached hydrogens (tertiary/aromatic N) is 1. The van der Waals surface area contributed by atoms with Gasteiger partial charge < -0.3 is 0 Å². The number of thioether (sulfide) groups is 1. The number of hydrogen-bond acceptors (Lipinski definition) is 2. The van der Waals surface area contributed by atoms with Gasteiger partial charge in [-0.05, 0) is 18.6 Å². The second-order valence-corrected chi connectivity index (χ2v) is 4.55. The highest BCUT2D eigenvalue weighted by molar-refractivity contribution is 7.99. The van der Waals surface area contributed by atoms with Crippen molar-refractivity contribution in [1.82, 2.24) is 4.98 Å². The maximum Gasteiger partial charge on any atom is 0.0963 e. The fourth-order valence-corrected chi connectivity index (χ4v) is 1.67. The summed E-state index contributed by atoms with van der Waals surface area (Å²) in [6, 6.07) is 3.83.